The van der Waals surface area contributed by atoms with Gasteiger partial charge in [-0.15, -0.1) is 0 Å². The Morgan fingerprint density at radius 2 is 2.31 bits per heavy atom. The van der Waals surface area contributed by atoms with Crippen LogP contribution in [0.25, 0.3) is 0 Å². The Balaban J connectivity index is 1.59. The van der Waals surface area contributed by atoms with Gasteiger partial charge in [-0.1, -0.05) is 0 Å². The van der Waals surface area contributed by atoms with Crippen LogP contribution in [-0.4, -0.2) is 26.3 Å². The Bertz CT molecular complexity index is 384. The third-order valence-electron chi connectivity index (χ3n) is 2.26. The highest BCUT2D eigenvalue weighted by atomic mass is 15.1. The summed E-state index contributed by atoms with van der Waals surface area (Å²) < 4.78 is 2.07. The van der Waals surface area contributed by atoms with Crippen LogP contribution >= 0.6 is 0 Å². The van der Waals surface area contributed by atoms with Gasteiger partial charge in [0.25, 0.3) is 0 Å². The molecule has 5 nitrogen and oxygen atoms in total. The van der Waals surface area contributed by atoms with E-state index in [1.807, 2.05) is 24.7 Å². The molecule has 2 aromatic heterocycles. The van der Waals surface area contributed by atoms with Crippen LogP contribution in [0.4, 0.5) is 0 Å². The van der Waals surface area contributed by atoms with Crippen molar-refractivity contribution in [3.05, 3.63) is 42.7 Å². The van der Waals surface area contributed by atoms with Gasteiger partial charge in [0.1, 0.15) is 0 Å². The zero-order chi connectivity index (χ0) is 11.1. The van der Waals surface area contributed by atoms with Crippen LogP contribution < -0.4 is 5.32 Å². The minimum Gasteiger partial charge on any atom is -0.337 e. The molecule has 2 heterocycles. The summed E-state index contributed by atoms with van der Waals surface area (Å²) >= 11 is 0. The standard InChI is InChI=1S/C11H15N5/c1-3-11(15-14-5-1)9-12-4-2-7-16-8-6-13-10-16/h1,3,5-6,8,10,12H,2,4,7,9H2. The molecule has 0 saturated heterocycles. The van der Waals surface area contributed by atoms with E-state index >= 15 is 0 Å². The molecule has 0 aromatic carbocycles. The van der Waals surface area contributed by atoms with Crippen molar-refractivity contribution in [2.45, 2.75) is 19.5 Å². The van der Waals surface area contributed by atoms with E-state index in [2.05, 4.69) is 25.1 Å². The maximum absolute atomic E-state index is 4.00. The molecule has 84 valence electrons. The molecule has 0 bridgehead atoms. The van der Waals surface area contributed by atoms with E-state index in [4.69, 9.17) is 0 Å². The lowest BCUT2D eigenvalue weighted by Gasteiger charge is -2.04. The van der Waals surface area contributed by atoms with Crippen LogP contribution in [0.3, 0.4) is 0 Å². The fourth-order valence-electron chi connectivity index (χ4n) is 1.45. The van der Waals surface area contributed by atoms with Crippen molar-refractivity contribution in [1.82, 2.24) is 25.1 Å². The molecule has 0 aliphatic heterocycles. The monoisotopic (exact) mass is 217 g/mol. The lowest BCUT2D eigenvalue weighted by Crippen LogP contribution is -2.17. The van der Waals surface area contributed by atoms with Crippen molar-refractivity contribution >= 4 is 0 Å². The van der Waals surface area contributed by atoms with Gasteiger partial charge in [0.15, 0.2) is 0 Å². The molecule has 16 heavy (non-hydrogen) atoms. The summed E-state index contributed by atoms with van der Waals surface area (Å²) in [6, 6.07) is 3.87. The normalized spacial score (nSPS) is 10.5. The zero-order valence-corrected chi connectivity index (χ0v) is 9.08. The number of nitrogens with one attached hydrogen (secondary N) is 1. The summed E-state index contributed by atoms with van der Waals surface area (Å²) in [4.78, 5) is 3.99. The smallest absolute Gasteiger partial charge is 0.0945 e. The lowest BCUT2D eigenvalue weighted by atomic mass is 10.3. The molecule has 0 saturated carbocycles. The quantitative estimate of drug-likeness (QED) is 0.729. The minimum absolute atomic E-state index is 0.776. The zero-order valence-electron chi connectivity index (χ0n) is 9.08. The van der Waals surface area contributed by atoms with E-state index in [-0.39, 0.29) is 0 Å². The molecule has 0 aliphatic rings. The molecule has 0 spiro atoms. The van der Waals surface area contributed by atoms with Crippen LogP contribution in [0.2, 0.25) is 0 Å². The fraction of sp³-hybridized carbons (Fsp3) is 0.364. The number of aromatic nitrogens is 4. The number of nitrogens with zero attached hydrogens (tertiary/aromatic N) is 4. The highest BCUT2D eigenvalue weighted by Crippen LogP contribution is 1.92. The van der Waals surface area contributed by atoms with E-state index < -0.39 is 0 Å². The Morgan fingerprint density at radius 1 is 1.31 bits per heavy atom. The summed E-state index contributed by atoms with van der Waals surface area (Å²) in [5.74, 6) is 0. The molecular formula is C11H15N5. The van der Waals surface area contributed by atoms with E-state index in [0.29, 0.717) is 0 Å². The third kappa shape index (κ3) is 3.43. The first-order chi connectivity index (χ1) is 7.95. The van der Waals surface area contributed by atoms with Crippen molar-refractivity contribution in [2.24, 2.45) is 0 Å². The number of aryl methyl sites for hydroxylation is 1. The van der Waals surface area contributed by atoms with Crippen LogP contribution in [0, 0.1) is 0 Å². The highest BCUT2D eigenvalue weighted by Gasteiger charge is 1.93. The molecule has 2 aromatic rings. The molecule has 0 amide bonds. The number of hydrogen-bond acceptors (Lipinski definition) is 4. The van der Waals surface area contributed by atoms with Gasteiger partial charge in [0, 0.05) is 31.7 Å². The Hall–Kier alpha value is -1.75. The number of imidazole rings is 1. The number of hydrogen-bond donors (Lipinski definition) is 1. The van der Waals surface area contributed by atoms with Gasteiger partial charge >= 0.3 is 0 Å². The molecule has 0 atom stereocenters. The summed E-state index contributed by atoms with van der Waals surface area (Å²) in [6.45, 7) is 2.74. The van der Waals surface area contributed by atoms with Gasteiger partial charge in [-0.05, 0) is 25.1 Å². The minimum atomic E-state index is 0.776. The lowest BCUT2D eigenvalue weighted by molar-refractivity contribution is 0.575. The first-order valence-corrected chi connectivity index (χ1v) is 5.38. The van der Waals surface area contributed by atoms with Gasteiger partial charge in [-0.25, -0.2) is 4.98 Å². The SMILES string of the molecule is c1cnnc(CNCCCn2ccnc2)c1. The largest absolute Gasteiger partial charge is 0.337 e. The summed E-state index contributed by atoms with van der Waals surface area (Å²) in [5.41, 5.74) is 0.977. The average Bonchev–Trinajstić information content (AvgIpc) is 2.83. The first-order valence-electron chi connectivity index (χ1n) is 5.38. The predicted octanol–water partition coefficient (Wildman–Crippen LogP) is 0.853. The van der Waals surface area contributed by atoms with Gasteiger partial charge in [-0.2, -0.15) is 10.2 Å². The Morgan fingerprint density at radius 3 is 3.06 bits per heavy atom. The van der Waals surface area contributed by atoms with Crippen LogP contribution in [-0.2, 0) is 13.1 Å². The maximum Gasteiger partial charge on any atom is 0.0945 e. The molecule has 0 fully saturated rings. The van der Waals surface area contributed by atoms with Crippen molar-refractivity contribution in [1.29, 1.82) is 0 Å². The molecule has 0 radical (unpaired) electrons. The van der Waals surface area contributed by atoms with E-state index in [1.54, 1.807) is 12.4 Å². The van der Waals surface area contributed by atoms with Crippen LogP contribution in [0.15, 0.2) is 37.1 Å². The van der Waals surface area contributed by atoms with Gasteiger partial charge in [0.2, 0.25) is 0 Å². The predicted molar refractivity (Wildman–Crippen MR) is 60.6 cm³/mol. The van der Waals surface area contributed by atoms with E-state index in [9.17, 15) is 0 Å². The van der Waals surface area contributed by atoms with Crippen molar-refractivity contribution < 1.29 is 0 Å². The topological polar surface area (TPSA) is 55.6 Å². The Labute approximate surface area is 94.5 Å². The molecule has 1 N–H and O–H groups in total. The van der Waals surface area contributed by atoms with Gasteiger partial charge in [0.05, 0.1) is 12.0 Å². The highest BCUT2D eigenvalue weighted by molar-refractivity contribution is 4.98. The maximum atomic E-state index is 4.00. The van der Waals surface area contributed by atoms with Gasteiger partial charge < -0.3 is 9.88 Å². The number of rotatable bonds is 6. The Kier molecular flexibility index (Phi) is 4.01. The van der Waals surface area contributed by atoms with Crippen LogP contribution in [0.5, 0.6) is 0 Å². The fourth-order valence-corrected chi connectivity index (χ4v) is 1.45. The molecule has 0 aliphatic carbocycles. The second-order valence-electron chi connectivity index (χ2n) is 3.55. The third-order valence-corrected chi connectivity index (χ3v) is 2.26. The summed E-state index contributed by atoms with van der Waals surface area (Å²) in [6.07, 6.45) is 8.37. The average molecular weight is 217 g/mol. The van der Waals surface area contributed by atoms with Crippen molar-refractivity contribution in [3.8, 4) is 0 Å². The van der Waals surface area contributed by atoms with Crippen molar-refractivity contribution in [2.75, 3.05) is 6.54 Å². The molecular weight excluding hydrogens is 202 g/mol. The first kappa shape index (κ1) is 10.8. The molecule has 2 rings (SSSR count). The summed E-state index contributed by atoms with van der Waals surface area (Å²) in [5, 5.41) is 11.1. The molecule has 0 unspecified atom stereocenters. The molecule has 5 heteroatoms. The van der Waals surface area contributed by atoms with E-state index in [0.717, 1.165) is 31.7 Å². The second-order valence-corrected chi connectivity index (χ2v) is 3.55. The van der Waals surface area contributed by atoms with E-state index in [1.165, 1.54) is 0 Å². The second kappa shape index (κ2) is 5.97. The van der Waals surface area contributed by atoms with Crippen LogP contribution in [0.1, 0.15) is 12.1 Å². The summed E-state index contributed by atoms with van der Waals surface area (Å²) in [7, 11) is 0. The van der Waals surface area contributed by atoms with Gasteiger partial charge in [-0.3, -0.25) is 0 Å². The van der Waals surface area contributed by atoms with Crippen molar-refractivity contribution in [3.63, 3.8) is 0 Å².